The number of rotatable bonds is 3. The first-order valence-electron chi connectivity index (χ1n) is 6.91. The number of benzene rings is 1. The molecule has 0 radical (unpaired) electrons. The fraction of sp³-hybridized carbons (Fsp3) is 0.412. The summed E-state index contributed by atoms with van der Waals surface area (Å²) in [6.07, 6.45) is 7.64. The second-order valence-corrected chi connectivity index (χ2v) is 4.93. The van der Waals surface area contributed by atoms with E-state index >= 15 is 0 Å². The van der Waals surface area contributed by atoms with Gasteiger partial charge >= 0.3 is 5.97 Å². The number of esters is 1. The second kappa shape index (κ2) is 6.96. The van der Waals surface area contributed by atoms with Gasteiger partial charge in [0.1, 0.15) is 0 Å². The summed E-state index contributed by atoms with van der Waals surface area (Å²) in [7, 11) is 1.39. The summed E-state index contributed by atoms with van der Waals surface area (Å²) in [6.45, 7) is 0. The SMILES string of the molecule is COC(=O)C=C=C(c1ccccc1)C1CCCCC1. The first-order valence-corrected chi connectivity index (χ1v) is 6.91. The Morgan fingerprint density at radius 2 is 1.89 bits per heavy atom. The van der Waals surface area contributed by atoms with Crippen LogP contribution in [0.5, 0.6) is 0 Å². The van der Waals surface area contributed by atoms with E-state index in [0.717, 1.165) is 11.1 Å². The molecule has 1 aliphatic carbocycles. The molecule has 1 saturated carbocycles. The third kappa shape index (κ3) is 3.84. The van der Waals surface area contributed by atoms with E-state index in [2.05, 4.69) is 22.6 Å². The van der Waals surface area contributed by atoms with Gasteiger partial charge in [-0.15, -0.1) is 5.73 Å². The maximum absolute atomic E-state index is 11.3. The number of hydrogen-bond donors (Lipinski definition) is 0. The number of carbonyl (C=O) groups is 1. The molecule has 2 nitrogen and oxygen atoms in total. The van der Waals surface area contributed by atoms with Crippen molar-refractivity contribution in [1.29, 1.82) is 0 Å². The molecular weight excluding hydrogens is 236 g/mol. The van der Waals surface area contributed by atoms with Crippen LogP contribution in [0.2, 0.25) is 0 Å². The Hall–Kier alpha value is -1.79. The molecule has 0 heterocycles. The largest absolute Gasteiger partial charge is 0.465 e. The molecule has 19 heavy (non-hydrogen) atoms. The topological polar surface area (TPSA) is 26.3 Å². The molecule has 0 amide bonds. The van der Waals surface area contributed by atoms with Crippen molar-refractivity contribution in [3.05, 3.63) is 47.7 Å². The number of carbonyl (C=O) groups excluding carboxylic acids is 1. The molecule has 1 aromatic carbocycles. The van der Waals surface area contributed by atoms with E-state index < -0.39 is 0 Å². The Bertz CT molecular complexity index is 475. The standard InChI is InChI=1S/C17H20O2/c1-19-17(18)13-12-16(14-8-4-2-5-9-14)15-10-6-3-7-11-15/h2,4-5,8-9,13,15H,3,6-7,10-11H2,1H3. The third-order valence-electron chi connectivity index (χ3n) is 3.64. The molecule has 1 aromatic rings. The summed E-state index contributed by atoms with van der Waals surface area (Å²) < 4.78 is 4.65. The normalized spacial score (nSPS) is 15.4. The van der Waals surface area contributed by atoms with Crippen LogP contribution in [0, 0.1) is 5.92 Å². The van der Waals surface area contributed by atoms with Crippen LogP contribution in [-0.2, 0) is 9.53 Å². The molecule has 2 heteroatoms. The van der Waals surface area contributed by atoms with E-state index in [1.54, 1.807) is 0 Å². The zero-order valence-electron chi connectivity index (χ0n) is 11.4. The number of methoxy groups -OCH3 is 1. The lowest BCUT2D eigenvalue weighted by atomic mass is 9.81. The minimum Gasteiger partial charge on any atom is -0.465 e. The van der Waals surface area contributed by atoms with Gasteiger partial charge in [-0.3, -0.25) is 0 Å². The molecule has 0 saturated heterocycles. The van der Waals surface area contributed by atoms with Crippen molar-refractivity contribution in [2.75, 3.05) is 7.11 Å². The Morgan fingerprint density at radius 3 is 2.53 bits per heavy atom. The molecule has 0 N–H and O–H groups in total. The lowest BCUT2D eigenvalue weighted by Gasteiger charge is -2.23. The fourth-order valence-electron chi connectivity index (χ4n) is 2.64. The molecular formula is C17H20O2. The zero-order valence-corrected chi connectivity index (χ0v) is 11.4. The summed E-state index contributed by atoms with van der Waals surface area (Å²) in [5.74, 6) is 0.168. The van der Waals surface area contributed by atoms with Gasteiger partial charge in [-0.25, -0.2) is 4.79 Å². The lowest BCUT2D eigenvalue weighted by molar-refractivity contribution is -0.134. The van der Waals surface area contributed by atoms with Crippen molar-refractivity contribution in [2.24, 2.45) is 5.92 Å². The molecule has 100 valence electrons. The van der Waals surface area contributed by atoms with E-state index in [1.165, 1.54) is 45.3 Å². The third-order valence-corrected chi connectivity index (χ3v) is 3.64. The van der Waals surface area contributed by atoms with Crippen molar-refractivity contribution in [2.45, 2.75) is 32.1 Å². The molecule has 0 aromatic heterocycles. The molecule has 0 spiro atoms. The zero-order chi connectivity index (χ0) is 13.5. The van der Waals surface area contributed by atoms with E-state index in [9.17, 15) is 4.79 Å². The highest BCUT2D eigenvalue weighted by Crippen LogP contribution is 2.34. The molecule has 2 rings (SSSR count). The van der Waals surface area contributed by atoms with E-state index in [4.69, 9.17) is 0 Å². The first kappa shape index (κ1) is 13.6. The fourth-order valence-corrected chi connectivity index (χ4v) is 2.64. The van der Waals surface area contributed by atoms with Gasteiger partial charge in [0.2, 0.25) is 0 Å². The van der Waals surface area contributed by atoms with Crippen LogP contribution in [0.1, 0.15) is 37.7 Å². The van der Waals surface area contributed by atoms with Gasteiger partial charge in [-0.05, 0) is 24.3 Å². The van der Waals surface area contributed by atoms with Gasteiger partial charge in [0.25, 0.3) is 0 Å². The first-order chi connectivity index (χ1) is 9.31. The molecule has 0 aliphatic heterocycles. The van der Waals surface area contributed by atoms with E-state index in [1.807, 2.05) is 18.2 Å². The predicted molar refractivity (Wildman–Crippen MR) is 76.5 cm³/mol. The average molecular weight is 256 g/mol. The highest BCUT2D eigenvalue weighted by molar-refractivity contribution is 5.83. The smallest absolute Gasteiger partial charge is 0.338 e. The van der Waals surface area contributed by atoms with Crippen molar-refractivity contribution < 1.29 is 9.53 Å². The van der Waals surface area contributed by atoms with Crippen molar-refractivity contribution in [1.82, 2.24) is 0 Å². The van der Waals surface area contributed by atoms with Crippen LogP contribution in [-0.4, -0.2) is 13.1 Å². The Kier molecular flexibility index (Phi) is 5.00. The van der Waals surface area contributed by atoms with Gasteiger partial charge in [0.05, 0.1) is 13.2 Å². The summed E-state index contributed by atoms with van der Waals surface area (Å²) in [5.41, 5.74) is 5.48. The Balaban J connectivity index is 2.33. The van der Waals surface area contributed by atoms with Gasteiger partial charge in [0.15, 0.2) is 0 Å². The average Bonchev–Trinajstić information content (AvgIpc) is 2.49. The van der Waals surface area contributed by atoms with Crippen LogP contribution >= 0.6 is 0 Å². The van der Waals surface area contributed by atoms with Crippen LogP contribution in [0.3, 0.4) is 0 Å². The van der Waals surface area contributed by atoms with Gasteiger partial charge in [-0.1, -0.05) is 49.6 Å². The van der Waals surface area contributed by atoms with Gasteiger partial charge in [0, 0.05) is 5.57 Å². The number of ether oxygens (including phenoxy) is 1. The molecule has 1 fully saturated rings. The van der Waals surface area contributed by atoms with Crippen LogP contribution in [0.25, 0.3) is 5.57 Å². The number of hydrogen-bond acceptors (Lipinski definition) is 2. The molecule has 1 aliphatic rings. The minimum absolute atomic E-state index is 0.343. The maximum atomic E-state index is 11.3. The highest BCUT2D eigenvalue weighted by atomic mass is 16.5. The monoisotopic (exact) mass is 256 g/mol. The van der Waals surface area contributed by atoms with Crippen LogP contribution in [0.4, 0.5) is 0 Å². The van der Waals surface area contributed by atoms with Crippen LogP contribution < -0.4 is 0 Å². The van der Waals surface area contributed by atoms with Crippen molar-refractivity contribution >= 4 is 11.5 Å². The summed E-state index contributed by atoms with van der Waals surface area (Å²) in [4.78, 5) is 11.3. The van der Waals surface area contributed by atoms with E-state index in [-0.39, 0.29) is 5.97 Å². The molecule has 0 unspecified atom stereocenters. The summed E-state index contributed by atoms with van der Waals surface area (Å²) in [5, 5.41) is 0. The van der Waals surface area contributed by atoms with Crippen LogP contribution in [0.15, 0.2) is 42.1 Å². The highest BCUT2D eigenvalue weighted by Gasteiger charge is 2.18. The minimum atomic E-state index is -0.343. The molecule has 0 bridgehead atoms. The van der Waals surface area contributed by atoms with Crippen molar-refractivity contribution in [3.63, 3.8) is 0 Å². The molecule has 0 atom stereocenters. The predicted octanol–water partition coefficient (Wildman–Crippen LogP) is 3.98. The van der Waals surface area contributed by atoms with Crippen molar-refractivity contribution in [3.8, 4) is 0 Å². The lowest BCUT2D eigenvalue weighted by Crippen LogP contribution is -2.08. The summed E-state index contributed by atoms with van der Waals surface area (Å²) in [6, 6.07) is 10.2. The maximum Gasteiger partial charge on any atom is 0.338 e. The Labute approximate surface area is 114 Å². The van der Waals surface area contributed by atoms with E-state index in [0.29, 0.717) is 5.92 Å². The van der Waals surface area contributed by atoms with Gasteiger partial charge in [-0.2, -0.15) is 0 Å². The summed E-state index contributed by atoms with van der Waals surface area (Å²) >= 11 is 0. The quantitative estimate of drug-likeness (QED) is 0.464. The van der Waals surface area contributed by atoms with Gasteiger partial charge < -0.3 is 4.74 Å². The second-order valence-electron chi connectivity index (χ2n) is 4.93. The Morgan fingerprint density at radius 1 is 1.21 bits per heavy atom.